The second-order valence-corrected chi connectivity index (χ2v) is 5.24. The topological polar surface area (TPSA) is 66.5 Å². The molecule has 0 saturated carbocycles. The molecule has 108 valence electrons. The van der Waals surface area contributed by atoms with Crippen molar-refractivity contribution in [2.24, 2.45) is 0 Å². The first kappa shape index (κ1) is 16.0. The van der Waals surface area contributed by atoms with Crippen LogP contribution in [0.5, 0.6) is 0 Å². The molecule has 0 aromatic rings. The normalized spacial score (nSPS) is 16.2. The number of halogens is 1. The fourth-order valence-electron chi connectivity index (χ4n) is 2.10. The summed E-state index contributed by atoms with van der Waals surface area (Å²) in [6.07, 6.45) is 2.44. The molecule has 5 nitrogen and oxygen atoms in total. The third-order valence-corrected chi connectivity index (χ3v) is 3.41. The summed E-state index contributed by atoms with van der Waals surface area (Å²) in [5, 5.41) is 2.91. The highest BCUT2D eigenvalue weighted by Gasteiger charge is 2.23. The van der Waals surface area contributed by atoms with Gasteiger partial charge in [-0.05, 0) is 19.8 Å². The van der Waals surface area contributed by atoms with Crippen molar-refractivity contribution in [2.45, 2.75) is 45.1 Å². The van der Waals surface area contributed by atoms with E-state index in [2.05, 4.69) is 5.32 Å². The van der Waals surface area contributed by atoms with Crippen LogP contribution in [-0.4, -0.2) is 47.5 Å². The standard InChI is InChI=1S/C13H21ClN2O3/c1-10(17)2-3-12(18)15-11-5-8-16(9-6-11)13(19)4-7-14/h11H,2-9H2,1H3,(H,15,18). The highest BCUT2D eigenvalue weighted by atomic mass is 35.5. The summed E-state index contributed by atoms with van der Waals surface area (Å²) < 4.78 is 0. The predicted octanol–water partition coefficient (Wildman–Crippen LogP) is 1.09. The smallest absolute Gasteiger partial charge is 0.223 e. The van der Waals surface area contributed by atoms with E-state index < -0.39 is 0 Å². The van der Waals surface area contributed by atoms with E-state index in [1.165, 1.54) is 6.92 Å². The van der Waals surface area contributed by atoms with Gasteiger partial charge < -0.3 is 15.0 Å². The van der Waals surface area contributed by atoms with E-state index in [9.17, 15) is 14.4 Å². The van der Waals surface area contributed by atoms with E-state index in [1.54, 1.807) is 4.90 Å². The maximum Gasteiger partial charge on any atom is 0.223 e. The van der Waals surface area contributed by atoms with Gasteiger partial charge in [0.1, 0.15) is 5.78 Å². The van der Waals surface area contributed by atoms with Crippen molar-refractivity contribution in [2.75, 3.05) is 19.0 Å². The van der Waals surface area contributed by atoms with Gasteiger partial charge in [-0.2, -0.15) is 0 Å². The van der Waals surface area contributed by atoms with Crippen LogP contribution in [0.1, 0.15) is 39.0 Å². The predicted molar refractivity (Wildman–Crippen MR) is 73.0 cm³/mol. The first-order valence-electron chi connectivity index (χ1n) is 6.65. The van der Waals surface area contributed by atoms with Gasteiger partial charge >= 0.3 is 0 Å². The highest BCUT2D eigenvalue weighted by molar-refractivity contribution is 6.18. The molecule has 2 amide bonds. The Hall–Kier alpha value is -1.10. The van der Waals surface area contributed by atoms with Gasteiger partial charge in [0, 0.05) is 44.3 Å². The molecule has 1 fully saturated rings. The fraction of sp³-hybridized carbons (Fsp3) is 0.769. The van der Waals surface area contributed by atoms with Crippen molar-refractivity contribution >= 4 is 29.2 Å². The molecule has 1 N–H and O–H groups in total. The van der Waals surface area contributed by atoms with E-state index in [1.807, 2.05) is 0 Å². The number of likely N-dealkylation sites (tertiary alicyclic amines) is 1. The first-order valence-corrected chi connectivity index (χ1v) is 7.19. The molecular formula is C13H21ClN2O3. The maximum absolute atomic E-state index is 11.6. The number of carbonyl (C=O) groups excluding carboxylic acids is 3. The molecular weight excluding hydrogens is 268 g/mol. The van der Waals surface area contributed by atoms with Crippen molar-refractivity contribution in [3.8, 4) is 0 Å². The SMILES string of the molecule is CC(=O)CCC(=O)NC1CCN(C(=O)CCCl)CC1. The lowest BCUT2D eigenvalue weighted by molar-refractivity contribution is -0.132. The van der Waals surface area contributed by atoms with Gasteiger partial charge in [0.25, 0.3) is 0 Å². The van der Waals surface area contributed by atoms with Crippen LogP contribution in [0.3, 0.4) is 0 Å². The zero-order valence-corrected chi connectivity index (χ0v) is 12.0. The molecule has 0 aromatic heterocycles. The van der Waals surface area contributed by atoms with Crippen LogP contribution < -0.4 is 5.32 Å². The quantitative estimate of drug-likeness (QED) is 0.744. The van der Waals surface area contributed by atoms with E-state index >= 15 is 0 Å². The van der Waals surface area contributed by atoms with Gasteiger partial charge in [-0.15, -0.1) is 11.6 Å². The molecule has 1 rings (SSSR count). The van der Waals surface area contributed by atoms with Crippen LogP contribution in [0.25, 0.3) is 0 Å². The van der Waals surface area contributed by atoms with Crippen LogP contribution >= 0.6 is 11.6 Å². The van der Waals surface area contributed by atoms with Crippen molar-refractivity contribution in [3.05, 3.63) is 0 Å². The molecule has 0 aliphatic carbocycles. The maximum atomic E-state index is 11.6. The average molecular weight is 289 g/mol. The fourth-order valence-corrected chi connectivity index (χ4v) is 2.26. The molecule has 1 heterocycles. The largest absolute Gasteiger partial charge is 0.353 e. The minimum absolute atomic E-state index is 0.0247. The van der Waals surface area contributed by atoms with Gasteiger partial charge in [-0.25, -0.2) is 0 Å². The number of nitrogens with zero attached hydrogens (tertiary/aromatic N) is 1. The molecule has 6 heteroatoms. The molecule has 0 spiro atoms. The Balaban J connectivity index is 2.24. The lowest BCUT2D eigenvalue weighted by Gasteiger charge is -2.32. The zero-order chi connectivity index (χ0) is 14.3. The number of alkyl halides is 1. The molecule has 0 atom stereocenters. The number of hydrogen-bond acceptors (Lipinski definition) is 3. The van der Waals surface area contributed by atoms with E-state index in [-0.39, 0.29) is 30.1 Å². The Labute approximate surface area is 118 Å². The third kappa shape index (κ3) is 6.05. The molecule has 1 aliphatic heterocycles. The van der Waals surface area contributed by atoms with Crippen LogP contribution in [-0.2, 0) is 14.4 Å². The Morgan fingerprint density at radius 1 is 1.16 bits per heavy atom. The summed E-state index contributed by atoms with van der Waals surface area (Å²) in [7, 11) is 0. The summed E-state index contributed by atoms with van der Waals surface area (Å²) >= 11 is 5.54. The number of ketones is 1. The number of rotatable bonds is 6. The van der Waals surface area contributed by atoms with Gasteiger partial charge in [0.05, 0.1) is 0 Å². The number of nitrogens with one attached hydrogen (secondary N) is 1. The Kier molecular flexibility index (Phi) is 6.84. The van der Waals surface area contributed by atoms with Crippen molar-refractivity contribution in [1.82, 2.24) is 10.2 Å². The van der Waals surface area contributed by atoms with Gasteiger partial charge in [-0.1, -0.05) is 0 Å². The van der Waals surface area contributed by atoms with Crippen LogP contribution in [0, 0.1) is 0 Å². The molecule has 0 bridgehead atoms. The van der Waals surface area contributed by atoms with Crippen LogP contribution in [0.15, 0.2) is 0 Å². The minimum Gasteiger partial charge on any atom is -0.353 e. The molecule has 0 radical (unpaired) electrons. The lowest BCUT2D eigenvalue weighted by atomic mass is 10.0. The van der Waals surface area contributed by atoms with Gasteiger partial charge in [0.2, 0.25) is 11.8 Å². The monoisotopic (exact) mass is 288 g/mol. The molecule has 1 aliphatic rings. The Morgan fingerprint density at radius 2 is 1.79 bits per heavy atom. The summed E-state index contributed by atoms with van der Waals surface area (Å²) in [5.41, 5.74) is 0. The Bertz CT molecular complexity index is 339. The zero-order valence-electron chi connectivity index (χ0n) is 11.3. The molecule has 1 saturated heterocycles. The van der Waals surface area contributed by atoms with Crippen LogP contribution in [0.2, 0.25) is 0 Å². The van der Waals surface area contributed by atoms with Crippen molar-refractivity contribution in [3.63, 3.8) is 0 Å². The number of hydrogen-bond donors (Lipinski definition) is 1. The van der Waals surface area contributed by atoms with Crippen LogP contribution in [0.4, 0.5) is 0 Å². The van der Waals surface area contributed by atoms with Crippen molar-refractivity contribution < 1.29 is 14.4 Å². The summed E-state index contributed by atoms with van der Waals surface area (Å²) in [6.45, 7) is 2.80. The highest BCUT2D eigenvalue weighted by Crippen LogP contribution is 2.12. The average Bonchev–Trinajstić information content (AvgIpc) is 2.37. The molecule has 0 unspecified atom stereocenters. The van der Waals surface area contributed by atoms with E-state index in [0.29, 0.717) is 31.8 Å². The summed E-state index contributed by atoms with van der Waals surface area (Å²) in [6, 6.07) is 0.111. The number of amides is 2. The lowest BCUT2D eigenvalue weighted by Crippen LogP contribution is -2.46. The molecule has 0 aromatic carbocycles. The second-order valence-electron chi connectivity index (χ2n) is 4.86. The van der Waals surface area contributed by atoms with Gasteiger partial charge in [-0.3, -0.25) is 9.59 Å². The number of piperidine rings is 1. The second kappa shape index (κ2) is 8.15. The summed E-state index contributed by atoms with van der Waals surface area (Å²) in [4.78, 5) is 35.8. The molecule has 19 heavy (non-hydrogen) atoms. The van der Waals surface area contributed by atoms with E-state index in [0.717, 1.165) is 12.8 Å². The first-order chi connectivity index (χ1) is 9.02. The number of carbonyl (C=O) groups is 3. The van der Waals surface area contributed by atoms with E-state index in [4.69, 9.17) is 11.6 Å². The van der Waals surface area contributed by atoms with Gasteiger partial charge in [0.15, 0.2) is 0 Å². The Morgan fingerprint density at radius 3 is 2.32 bits per heavy atom. The van der Waals surface area contributed by atoms with Crippen molar-refractivity contribution in [1.29, 1.82) is 0 Å². The minimum atomic E-state index is -0.0827. The summed E-state index contributed by atoms with van der Waals surface area (Å²) in [5.74, 6) is 0.370. The third-order valence-electron chi connectivity index (χ3n) is 3.23. The number of Topliss-reactive ketones (excluding diaryl/α,β-unsaturated/α-hetero) is 1.